The third-order valence-corrected chi connectivity index (χ3v) is 5.79. The van der Waals surface area contributed by atoms with Crippen molar-refractivity contribution < 1.29 is 43.0 Å². The summed E-state index contributed by atoms with van der Waals surface area (Å²) in [5, 5.41) is 16.9. The first kappa shape index (κ1) is 34.7. The van der Waals surface area contributed by atoms with Gasteiger partial charge in [-0.25, -0.2) is 14.4 Å². The number of hydrogen-bond donors (Lipinski definition) is 2. The van der Waals surface area contributed by atoms with Gasteiger partial charge in [0, 0.05) is 29.0 Å². The Morgan fingerprint density at radius 1 is 0.884 bits per heavy atom. The molecule has 0 fully saturated rings. The predicted octanol–water partition coefficient (Wildman–Crippen LogP) is 4.18. The zero-order chi connectivity index (χ0) is 32.5. The van der Waals surface area contributed by atoms with Gasteiger partial charge in [0.05, 0.1) is 23.6 Å². The number of hydrogen-bond acceptors (Lipinski definition) is 11. The maximum atomic E-state index is 13.4. The summed E-state index contributed by atoms with van der Waals surface area (Å²) in [7, 11) is 0. The standard InChI is InChI=1S/C29H40N4O10/c1-17-21(24(34)40-15-13-30-26(36)42-28(3,4)5)23(19-11-9-10-12-20(19)33(38)39)22(18(2)32-17)25(35)41-16-14-31-27(37)43-29(6,7)8/h9-12,21,23H,13-16H2,1-8H3,(H,30,36)(H,31,37). The molecule has 2 rings (SSSR count). The summed E-state index contributed by atoms with van der Waals surface area (Å²) >= 11 is 0. The molecule has 14 nitrogen and oxygen atoms in total. The van der Waals surface area contributed by atoms with E-state index in [0.29, 0.717) is 0 Å². The maximum absolute atomic E-state index is 13.4. The topological polar surface area (TPSA) is 185 Å². The highest BCUT2D eigenvalue weighted by Gasteiger charge is 2.45. The molecule has 0 spiro atoms. The van der Waals surface area contributed by atoms with Crippen molar-refractivity contribution in [3.63, 3.8) is 0 Å². The van der Waals surface area contributed by atoms with Gasteiger partial charge < -0.3 is 29.6 Å². The van der Waals surface area contributed by atoms with Gasteiger partial charge in [-0.15, -0.1) is 0 Å². The molecule has 1 aromatic carbocycles. The number of esters is 2. The van der Waals surface area contributed by atoms with Crippen LogP contribution in [0.3, 0.4) is 0 Å². The minimum absolute atomic E-state index is 0.0614. The van der Waals surface area contributed by atoms with E-state index in [1.54, 1.807) is 54.5 Å². The van der Waals surface area contributed by atoms with E-state index >= 15 is 0 Å². The number of nitrogens with zero attached hydrogens (tertiary/aromatic N) is 2. The number of allylic oxidation sites excluding steroid dienone is 1. The average Bonchev–Trinajstić information content (AvgIpc) is 2.86. The Labute approximate surface area is 250 Å². The number of nitro benzene ring substituents is 1. The lowest BCUT2D eigenvalue weighted by Crippen LogP contribution is -2.39. The van der Waals surface area contributed by atoms with Crippen LogP contribution in [-0.4, -0.2) is 72.3 Å². The summed E-state index contributed by atoms with van der Waals surface area (Å²) in [5.74, 6) is -4.06. The van der Waals surface area contributed by atoms with Crippen molar-refractivity contribution >= 4 is 35.5 Å². The molecule has 2 amide bonds. The molecule has 1 aliphatic rings. The van der Waals surface area contributed by atoms with E-state index in [0.717, 1.165) is 0 Å². The smallest absolute Gasteiger partial charge is 0.407 e. The minimum Gasteiger partial charge on any atom is -0.463 e. The van der Waals surface area contributed by atoms with Crippen LogP contribution in [0.2, 0.25) is 0 Å². The Morgan fingerprint density at radius 3 is 1.91 bits per heavy atom. The van der Waals surface area contributed by atoms with Gasteiger partial charge in [0.1, 0.15) is 30.3 Å². The van der Waals surface area contributed by atoms with Gasteiger partial charge in [0.15, 0.2) is 0 Å². The highest BCUT2D eigenvalue weighted by molar-refractivity contribution is 6.07. The third-order valence-electron chi connectivity index (χ3n) is 5.79. The Bertz CT molecular complexity index is 1290. The Hall–Kier alpha value is -4.49. The second kappa shape index (κ2) is 14.6. The van der Waals surface area contributed by atoms with Gasteiger partial charge in [0.2, 0.25) is 0 Å². The molecule has 2 atom stereocenters. The number of alkyl carbamates (subject to hydrolysis) is 2. The second-order valence-corrected chi connectivity index (χ2v) is 11.7. The van der Waals surface area contributed by atoms with Crippen LogP contribution < -0.4 is 10.6 Å². The lowest BCUT2D eigenvalue weighted by Gasteiger charge is -2.31. The molecule has 43 heavy (non-hydrogen) atoms. The van der Waals surface area contributed by atoms with Crippen LogP contribution in [-0.2, 0) is 28.5 Å². The predicted molar refractivity (Wildman–Crippen MR) is 156 cm³/mol. The van der Waals surface area contributed by atoms with Crippen molar-refractivity contribution in [1.29, 1.82) is 0 Å². The van der Waals surface area contributed by atoms with E-state index in [2.05, 4.69) is 15.6 Å². The molecule has 0 saturated carbocycles. The van der Waals surface area contributed by atoms with Crippen molar-refractivity contribution in [1.82, 2.24) is 10.6 Å². The molecule has 1 heterocycles. The number of nitro groups is 1. The molecule has 1 aromatic rings. The molecular weight excluding hydrogens is 564 g/mol. The molecule has 2 N–H and O–H groups in total. The third kappa shape index (κ3) is 10.7. The molecule has 14 heteroatoms. The summed E-state index contributed by atoms with van der Waals surface area (Å²) < 4.78 is 21.1. The van der Waals surface area contributed by atoms with E-state index in [4.69, 9.17) is 18.9 Å². The number of aliphatic imine (C=N–C) groups is 1. The Balaban J connectivity index is 2.29. The molecule has 236 valence electrons. The quantitative estimate of drug-likeness (QED) is 0.129. The first-order chi connectivity index (χ1) is 19.9. The highest BCUT2D eigenvalue weighted by Crippen LogP contribution is 2.43. The number of rotatable bonds is 10. The molecule has 0 aromatic heterocycles. The van der Waals surface area contributed by atoms with Gasteiger partial charge >= 0.3 is 24.1 Å². The van der Waals surface area contributed by atoms with Crippen LogP contribution in [0, 0.1) is 16.0 Å². The minimum atomic E-state index is -1.21. The summed E-state index contributed by atoms with van der Waals surface area (Å²) in [6, 6.07) is 5.75. The molecule has 0 radical (unpaired) electrons. The normalized spacial score (nSPS) is 16.9. The molecule has 2 unspecified atom stereocenters. The number of nitrogens with one attached hydrogen (secondary N) is 2. The van der Waals surface area contributed by atoms with Crippen LogP contribution in [0.15, 0.2) is 40.5 Å². The number of benzene rings is 1. The van der Waals surface area contributed by atoms with Gasteiger partial charge in [-0.05, 0) is 55.4 Å². The van der Waals surface area contributed by atoms with Crippen LogP contribution >= 0.6 is 0 Å². The Kier molecular flexibility index (Phi) is 11.8. The van der Waals surface area contributed by atoms with Crippen molar-refractivity contribution in [2.24, 2.45) is 10.9 Å². The molecular formula is C29H40N4O10. The lowest BCUT2D eigenvalue weighted by molar-refractivity contribution is -0.385. The zero-order valence-corrected chi connectivity index (χ0v) is 25.8. The summed E-state index contributed by atoms with van der Waals surface area (Å²) in [6.45, 7) is 12.7. The van der Waals surface area contributed by atoms with Crippen LogP contribution in [0.1, 0.15) is 66.9 Å². The van der Waals surface area contributed by atoms with Gasteiger partial charge in [0.25, 0.3) is 5.69 Å². The van der Waals surface area contributed by atoms with Crippen molar-refractivity contribution in [2.45, 2.75) is 72.5 Å². The fourth-order valence-corrected chi connectivity index (χ4v) is 4.26. The van der Waals surface area contributed by atoms with Crippen molar-refractivity contribution in [3.8, 4) is 0 Å². The fourth-order valence-electron chi connectivity index (χ4n) is 4.26. The SMILES string of the molecule is CC1=NC(C)=C(C(=O)OCCNC(=O)OC(C)(C)C)C(c2ccccc2[N+](=O)[O-])C1C(=O)OCCNC(=O)OC(C)(C)C. The lowest BCUT2D eigenvalue weighted by atomic mass is 9.75. The number of amides is 2. The van der Waals surface area contributed by atoms with Gasteiger partial charge in [-0.2, -0.15) is 0 Å². The summed E-state index contributed by atoms with van der Waals surface area (Å²) in [6.07, 6.45) is -1.39. The molecule has 0 bridgehead atoms. The summed E-state index contributed by atoms with van der Waals surface area (Å²) in [4.78, 5) is 66.4. The van der Waals surface area contributed by atoms with Crippen molar-refractivity contribution in [2.75, 3.05) is 26.3 Å². The Morgan fingerprint density at radius 2 is 1.40 bits per heavy atom. The van der Waals surface area contributed by atoms with Gasteiger partial charge in [-0.1, -0.05) is 18.2 Å². The van der Waals surface area contributed by atoms with Crippen LogP contribution in [0.25, 0.3) is 0 Å². The number of ether oxygens (including phenoxy) is 4. The maximum Gasteiger partial charge on any atom is 0.407 e. The largest absolute Gasteiger partial charge is 0.463 e. The highest BCUT2D eigenvalue weighted by atomic mass is 16.6. The molecule has 0 saturated heterocycles. The number of carbonyl (C=O) groups is 4. The second-order valence-electron chi connectivity index (χ2n) is 11.7. The average molecular weight is 605 g/mol. The van der Waals surface area contributed by atoms with Gasteiger partial charge in [-0.3, -0.25) is 19.9 Å². The fraction of sp³-hybridized carbons (Fsp3) is 0.552. The first-order valence-electron chi connectivity index (χ1n) is 13.7. The van der Waals surface area contributed by atoms with E-state index < -0.39 is 52.1 Å². The zero-order valence-electron chi connectivity index (χ0n) is 25.8. The van der Waals surface area contributed by atoms with Crippen LogP contribution in [0.4, 0.5) is 15.3 Å². The van der Waals surface area contributed by atoms with Crippen molar-refractivity contribution in [3.05, 3.63) is 51.2 Å². The monoisotopic (exact) mass is 604 g/mol. The first-order valence-corrected chi connectivity index (χ1v) is 13.7. The van der Waals surface area contributed by atoms with E-state index in [1.807, 2.05) is 0 Å². The molecule has 1 aliphatic heterocycles. The van der Waals surface area contributed by atoms with E-state index in [1.165, 1.54) is 25.1 Å². The van der Waals surface area contributed by atoms with E-state index in [-0.39, 0.29) is 54.5 Å². The summed E-state index contributed by atoms with van der Waals surface area (Å²) in [5.41, 5.74) is -1.23. The molecule has 0 aliphatic carbocycles. The number of para-hydroxylation sites is 1. The van der Waals surface area contributed by atoms with E-state index in [9.17, 15) is 29.3 Å². The number of carbonyl (C=O) groups excluding carboxylic acids is 4. The van der Waals surface area contributed by atoms with Crippen LogP contribution in [0.5, 0.6) is 0 Å².